The molecule has 0 amide bonds. The van der Waals surface area contributed by atoms with Gasteiger partial charge in [0.1, 0.15) is 0 Å². The molecule has 4 nitrogen and oxygen atoms in total. The molecule has 68 valence electrons. The highest BCUT2D eigenvalue weighted by Gasteiger charge is 2.11. The Bertz CT molecular complexity index is 347. The van der Waals surface area contributed by atoms with Crippen LogP contribution in [0.5, 0.6) is 0 Å². The van der Waals surface area contributed by atoms with Crippen LogP contribution in [0.3, 0.4) is 0 Å². The van der Waals surface area contributed by atoms with Gasteiger partial charge < -0.3 is 4.74 Å². The molecule has 0 saturated heterocycles. The molecule has 1 heterocycles. The van der Waals surface area contributed by atoms with Crippen molar-refractivity contribution in [3.05, 3.63) is 29.9 Å². The van der Waals surface area contributed by atoms with E-state index < -0.39 is 5.97 Å². The highest BCUT2D eigenvalue weighted by atomic mass is 16.5. The van der Waals surface area contributed by atoms with Crippen LogP contribution in [-0.2, 0) is 4.74 Å². The summed E-state index contributed by atoms with van der Waals surface area (Å²) >= 11 is 0. The Morgan fingerprint density at radius 3 is 2.92 bits per heavy atom. The van der Waals surface area contributed by atoms with Crippen LogP contribution in [0.25, 0.3) is 6.08 Å². The third-order valence-corrected chi connectivity index (χ3v) is 1.56. The fourth-order valence-electron chi connectivity index (χ4n) is 0.851. The number of esters is 1. The molecule has 1 aromatic heterocycles. The Labute approximate surface area is 76.3 Å². The first-order valence-electron chi connectivity index (χ1n) is 3.73. The predicted molar refractivity (Wildman–Crippen MR) is 48.2 cm³/mol. The largest absolute Gasteiger partial charge is 0.464 e. The van der Waals surface area contributed by atoms with Gasteiger partial charge in [-0.05, 0) is 13.0 Å². The summed E-state index contributed by atoms with van der Waals surface area (Å²) in [6.07, 6.45) is 3.08. The molecular weight excluding hydrogens is 168 g/mol. The average Bonchev–Trinajstić information content (AvgIpc) is 2.17. The molecule has 0 fully saturated rings. The lowest BCUT2D eigenvalue weighted by Gasteiger charge is -2.02. The van der Waals surface area contributed by atoms with Crippen molar-refractivity contribution in [2.24, 2.45) is 0 Å². The molecule has 1 aromatic rings. The number of carbonyl (C=O) groups is 1. The van der Waals surface area contributed by atoms with Crippen molar-refractivity contribution in [3.63, 3.8) is 0 Å². The van der Waals surface area contributed by atoms with Crippen LogP contribution in [0.1, 0.15) is 21.9 Å². The van der Waals surface area contributed by atoms with E-state index in [1.54, 1.807) is 13.1 Å². The van der Waals surface area contributed by atoms with E-state index in [4.69, 9.17) is 0 Å². The Hall–Kier alpha value is -1.71. The number of rotatable bonds is 2. The van der Waals surface area contributed by atoms with Crippen molar-refractivity contribution in [3.8, 4) is 0 Å². The molecule has 0 saturated carbocycles. The van der Waals surface area contributed by atoms with E-state index in [9.17, 15) is 4.79 Å². The fourth-order valence-corrected chi connectivity index (χ4v) is 0.851. The zero-order chi connectivity index (χ0) is 9.84. The Morgan fingerprint density at radius 2 is 2.38 bits per heavy atom. The third-order valence-electron chi connectivity index (χ3n) is 1.56. The number of hydrogen-bond donors (Lipinski definition) is 0. The van der Waals surface area contributed by atoms with Crippen molar-refractivity contribution in [1.82, 2.24) is 9.97 Å². The zero-order valence-electron chi connectivity index (χ0n) is 7.57. The van der Waals surface area contributed by atoms with Crippen molar-refractivity contribution in [2.75, 3.05) is 7.11 Å². The second kappa shape index (κ2) is 3.80. The smallest absolute Gasteiger partial charge is 0.358 e. The van der Waals surface area contributed by atoms with E-state index >= 15 is 0 Å². The normalized spacial score (nSPS) is 9.38. The molecule has 0 atom stereocenters. The number of nitrogens with zero attached hydrogens (tertiary/aromatic N) is 2. The Morgan fingerprint density at radius 1 is 1.69 bits per heavy atom. The molecule has 0 N–H and O–H groups in total. The van der Waals surface area contributed by atoms with Gasteiger partial charge in [0.05, 0.1) is 24.7 Å². The maximum atomic E-state index is 11.1. The lowest BCUT2D eigenvalue weighted by atomic mass is 10.3. The summed E-state index contributed by atoms with van der Waals surface area (Å²) in [5, 5.41) is 0. The van der Waals surface area contributed by atoms with E-state index in [-0.39, 0.29) is 5.69 Å². The number of aromatic nitrogens is 2. The quantitative estimate of drug-likeness (QED) is 0.639. The van der Waals surface area contributed by atoms with Gasteiger partial charge in [0.25, 0.3) is 0 Å². The summed E-state index contributed by atoms with van der Waals surface area (Å²) in [7, 11) is 1.31. The van der Waals surface area contributed by atoms with Gasteiger partial charge in [-0.1, -0.05) is 6.58 Å². The molecule has 4 heteroatoms. The molecule has 0 bridgehead atoms. The van der Waals surface area contributed by atoms with E-state index in [1.807, 2.05) is 0 Å². The summed E-state index contributed by atoms with van der Waals surface area (Å²) in [6.45, 7) is 5.23. The lowest BCUT2D eigenvalue weighted by molar-refractivity contribution is 0.0592. The predicted octanol–water partition coefficient (Wildman–Crippen LogP) is 1.21. The molecule has 1 rings (SSSR count). The van der Waals surface area contributed by atoms with Gasteiger partial charge in [0, 0.05) is 0 Å². The Balaban J connectivity index is 3.18. The number of carbonyl (C=O) groups excluding carboxylic acids is 1. The minimum atomic E-state index is -0.478. The van der Waals surface area contributed by atoms with Crippen LogP contribution < -0.4 is 0 Å². The first-order chi connectivity index (χ1) is 6.19. The molecular formula is C9H10N2O2. The van der Waals surface area contributed by atoms with Crippen LogP contribution in [0, 0.1) is 6.92 Å². The second-order valence-corrected chi connectivity index (χ2v) is 2.42. The van der Waals surface area contributed by atoms with Crippen molar-refractivity contribution in [2.45, 2.75) is 6.92 Å². The van der Waals surface area contributed by atoms with E-state index in [0.29, 0.717) is 11.4 Å². The van der Waals surface area contributed by atoms with Gasteiger partial charge in [-0.2, -0.15) is 0 Å². The van der Waals surface area contributed by atoms with Crippen LogP contribution >= 0.6 is 0 Å². The molecule has 0 aliphatic heterocycles. The van der Waals surface area contributed by atoms with Gasteiger partial charge in [-0.25, -0.2) is 9.78 Å². The zero-order valence-corrected chi connectivity index (χ0v) is 7.57. The SMILES string of the molecule is C=Cc1cnc(C)c(C(=O)OC)n1. The van der Waals surface area contributed by atoms with Gasteiger partial charge in [0.15, 0.2) is 5.69 Å². The minimum absolute atomic E-state index is 0.236. The highest BCUT2D eigenvalue weighted by molar-refractivity contribution is 5.88. The summed E-state index contributed by atoms with van der Waals surface area (Å²) < 4.78 is 4.54. The fraction of sp³-hybridized carbons (Fsp3) is 0.222. The first-order valence-corrected chi connectivity index (χ1v) is 3.73. The third kappa shape index (κ3) is 1.90. The number of ether oxygens (including phenoxy) is 1. The standard InChI is InChI=1S/C9H10N2O2/c1-4-7-5-10-6(2)8(11-7)9(12)13-3/h4-5H,1H2,2-3H3. The molecule has 13 heavy (non-hydrogen) atoms. The monoisotopic (exact) mass is 178 g/mol. The summed E-state index contributed by atoms with van der Waals surface area (Å²) in [5.74, 6) is -0.478. The highest BCUT2D eigenvalue weighted by Crippen LogP contribution is 2.04. The molecule has 0 radical (unpaired) electrons. The van der Waals surface area contributed by atoms with Crippen LogP contribution in [0.15, 0.2) is 12.8 Å². The van der Waals surface area contributed by atoms with Gasteiger partial charge >= 0.3 is 5.97 Å². The van der Waals surface area contributed by atoms with E-state index in [1.165, 1.54) is 13.2 Å². The van der Waals surface area contributed by atoms with Gasteiger partial charge in [0.2, 0.25) is 0 Å². The van der Waals surface area contributed by atoms with Crippen molar-refractivity contribution >= 4 is 12.0 Å². The van der Waals surface area contributed by atoms with E-state index in [2.05, 4.69) is 21.3 Å². The summed E-state index contributed by atoms with van der Waals surface area (Å²) in [5.41, 5.74) is 1.35. The number of hydrogen-bond acceptors (Lipinski definition) is 4. The van der Waals surface area contributed by atoms with Gasteiger partial charge in [-0.3, -0.25) is 4.98 Å². The molecule has 0 aliphatic rings. The van der Waals surface area contributed by atoms with Gasteiger partial charge in [-0.15, -0.1) is 0 Å². The maximum absolute atomic E-state index is 11.1. The average molecular weight is 178 g/mol. The van der Waals surface area contributed by atoms with Crippen molar-refractivity contribution < 1.29 is 9.53 Å². The van der Waals surface area contributed by atoms with Crippen LogP contribution in [0.4, 0.5) is 0 Å². The molecule has 0 spiro atoms. The first kappa shape index (κ1) is 9.38. The van der Waals surface area contributed by atoms with Crippen LogP contribution in [-0.4, -0.2) is 23.0 Å². The molecule has 0 unspecified atom stereocenters. The Kier molecular flexibility index (Phi) is 2.74. The second-order valence-electron chi connectivity index (χ2n) is 2.42. The van der Waals surface area contributed by atoms with Crippen molar-refractivity contribution in [1.29, 1.82) is 0 Å². The maximum Gasteiger partial charge on any atom is 0.358 e. The van der Waals surface area contributed by atoms with E-state index in [0.717, 1.165) is 0 Å². The topological polar surface area (TPSA) is 52.1 Å². The summed E-state index contributed by atoms with van der Waals surface area (Å²) in [4.78, 5) is 19.1. The summed E-state index contributed by atoms with van der Waals surface area (Å²) in [6, 6.07) is 0. The molecule has 0 aromatic carbocycles. The lowest BCUT2D eigenvalue weighted by Crippen LogP contribution is -2.09. The minimum Gasteiger partial charge on any atom is -0.464 e. The number of methoxy groups -OCH3 is 1. The number of aryl methyl sites for hydroxylation is 1. The van der Waals surface area contributed by atoms with Crippen LogP contribution in [0.2, 0.25) is 0 Å². The molecule has 0 aliphatic carbocycles.